The molecule has 2 heterocycles. The first-order valence-electron chi connectivity index (χ1n) is 9.61. The predicted molar refractivity (Wildman–Crippen MR) is 118 cm³/mol. The molecular weight excluding hydrogens is 399 g/mol. The van der Waals surface area contributed by atoms with Crippen molar-refractivity contribution in [1.29, 1.82) is 0 Å². The first-order valence-corrected chi connectivity index (χ1v) is 9.61. The van der Waals surface area contributed by atoms with Gasteiger partial charge in [-0.2, -0.15) is 10.1 Å². The molecule has 0 spiro atoms. The van der Waals surface area contributed by atoms with E-state index >= 15 is 0 Å². The van der Waals surface area contributed by atoms with Crippen LogP contribution < -0.4 is 16.7 Å². The SMILES string of the molecule is Cc1ccc(Cn2c(N/N=C/c3ccc(F)cc3)nc3c2c(=O)n(C)c(=O)n3C)cc1. The fraction of sp³-hybridized carbons (Fsp3) is 0.182. The molecule has 2 aromatic carbocycles. The second-order valence-electron chi connectivity index (χ2n) is 7.31. The van der Waals surface area contributed by atoms with Gasteiger partial charge in [0.2, 0.25) is 5.95 Å². The molecule has 9 heteroatoms. The van der Waals surface area contributed by atoms with Crippen molar-refractivity contribution in [3.05, 3.63) is 91.9 Å². The van der Waals surface area contributed by atoms with Crippen molar-refractivity contribution in [2.75, 3.05) is 5.43 Å². The molecule has 0 fully saturated rings. The van der Waals surface area contributed by atoms with Crippen molar-refractivity contribution in [3.8, 4) is 0 Å². The maximum Gasteiger partial charge on any atom is 0.332 e. The van der Waals surface area contributed by atoms with Crippen molar-refractivity contribution in [2.24, 2.45) is 19.2 Å². The predicted octanol–water partition coefficient (Wildman–Crippen LogP) is 2.38. The standard InChI is InChI=1S/C22H21FN6O2/c1-14-4-6-16(7-5-14)13-29-18-19(27(2)22(31)28(3)20(18)30)25-21(29)26-24-12-15-8-10-17(23)11-9-15/h4-12H,13H2,1-3H3,(H,25,26)/b24-12+. The van der Waals surface area contributed by atoms with E-state index in [1.165, 1.54) is 30.0 Å². The number of anilines is 1. The molecule has 0 atom stereocenters. The third-order valence-corrected chi connectivity index (χ3v) is 5.06. The highest BCUT2D eigenvalue weighted by Crippen LogP contribution is 2.18. The zero-order chi connectivity index (χ0) is 22.1. The number of benzene rings is 2. The van der Waals surface area contributed by atoms with Crippen LogP contribution in [0.25, 0.3) is 11.2 Å². The maximum atomic E-state index is 13.1. The second-order valence-corrected chi connectivity index (χ2v) is 7.31. The largest absolute Gasteiger partial charge is 0.332 e. The summed E-state index contributed by atoms with van der Waals surface area (Å²) in [4.78, 5) is 29.7. The molecule has 4 rings (SSSR count). The lowest BCUT2D eigenvalue weighted by atomic mass is 10.1. The van der Waals surface area contributed by atoms with Crippen LogP contribution in [0.15, 0.2) is 63.2 Å². The fourth-order valence-corrected chi connectivity index (χ4v) is 3.28. The molecule has 0 amide bonds. The monoisotopic (exact) mass is 420 g/mol. The van der Waals surface area contributed by atoms with Crippen molar-refractivity contribution in [2.45, 2.75) is 13.5 Å². The molecule has 0 saturated heterocycles. The van der Waals surface area contributed by atoms with Crippen molar-refractivity contribution >= 4 is 23.3 Å². The molecular formula is C22H21FN6O2. The van der Waals surface area contributed by atoms with Crippen LogP contribution in [0.4, 0.5) is 10.3 Å². The quantitative estimate of drug-likeness (QED) is 0.397. The summed E-state index contributed by atoms with van der Waals surface area (Å²) < 4.78 is 17.2. The van der Waals surface area contributed by atoms with Gasteiger partial charge in [-0.15, -0.1) is 0 Å². The highest BCUT2D eigenvalue weighted by Gasteiger charge is 2.19. The fourth-order valence-electron chi connectivity index (χ4n) is 3.28. The van der Waals surface area contributed by atoms with Gasteiger partial charge in [0.15, 0.2) is 11.2 Å². The average Bonchev–Trinajstić information content (AvgIpc) is 3.12. The van der Waals surface area contributed by atoms with Crippen LogP contribution in [0.1, 0.15) is 16.7 Å². The van der Waals surface area contributed by atoms with Crippen LogP contribution in [-0.4, -0.2) is 24.9 Å². The zero-order valence-corrected chi connectivity index (χ0v) is 17.3. The number of hydrogen-bond donors (Lipinski definition) is 1. The Morgan fingerprint density at radius 1 is 1.03 bits per heavy atom. The van der Waals surface area contributed by atoms with Crippen LogP contribution in [0.5, 0.6) is 0 Å². The first kappa shape index (κ1) is 20.3. The van der Waals surface area contributed by atoms with Crippen LogP contribution in [0, 0.1) is 12.7 Å². The van der Waals surface area contributed by atoms with Gasteiger partial charge in [-0.25, -0.2) is 14.6 Å². The Morgan fingerprint density at radius 3 is 2.39 bits per heavy atom. The third kappa shape index (κ3) is 3.89. The highest BCUT2D eigenvalue weighted by atomic mass is 19.1. The molecule has 0 saturated carbocycles. The Morgan fingerprint density at radius 2 is 1.71 bits per heavy atom. The summed E-state index contributed by atoms with van der Waals surface area (Å²) in [6.07, 6.45) is 1.52. The van der Waals surface area contributed by atoms with E-state index in [1.807, 2.05) is 31.2 Å². The van der Waals surface area contributed by atoms with Crippen LogP contribution in [0.3, 0.4) is 0 Å². The van der Waals surface area contributed by atoms with Crippen molar-refractivity contribution in [1.82, 2.24) is 18.7 Å². The summed E-state index contributed by atoms with van der Waals surface area (Å²) in [5.74, 6) is -0.0194. The number of rotatable bonds is 5. The number of hydrazone groups is 1. The third-order valence-electron chi connectivity index (χ3n) is 5.06. The summed E-state index contributed by atoms with van der Waals surface area (Å²) in [6.45, 7) is 2.36. The molecule has 158 valence electrons. The van der Waals surface area contributed by atoms with E-state index < -0.39 is 11.2 Å². The summed E-state index contributed by atoms with van der Waals surface area (Å²) in [6, 6.07) is 13.8. The molecule has 0 aliphatic carbocycles. The maximum absolute atomic E-state index is 13.1. The summed E-state index contributed by atoms with van der Waals surface area (Å²) in [5, 5.41) is 4.18. The Hall–Kier alpha value is -4.01. The number of aryl methyl sites for hydroxylation is 2. The molecule has 0 bridgehead atoms. The Balaban J connectivity index is 1.80. The van der Waals surface area contributed by atoms with E-state index in [0.717, 1.165) is 15.7 Å². The normalized spacial score (nSPS) is 11.5. The summed E-state index contributed by atoms with van der Waals surface area (Å²) in [7, 11) is 3.01. The van der Waals surface area contributed by atoms with Gasteiger partial charge in [0.25, 0.3) is 5.56 Å². The van der Waals surface area contributed by atoms with E-state index in [2.05, 4.69) is 15.5 Å². The highest BCUT2D eigenvalue weighted by molar-refractivity contribution is 5.80. The number of fused-ring (bicyclic) bond motifs is 1. The van der Waals surface area contributed by atoms with Gasteiger partial charge in [-0.1, -0.05) is 42.0 Å². The Kier molecular flexibility index (Phi) is 5.24. The van der Waals surface area contributed by atoms with E-state index in [4.69, 9.17) is 0 Å². The van der Waals surface area contributed by atoms with Gasteiger partial charge in [-0.3, -0.25) is 18.5 Å². The molecule has 1 N–H and O–H groups in total. The molecule has 4 aromatic rings. The molecule has 0 aliphatic heterocycles. The number of imidazole rings is 1. The van der Waals surface area contributed by atoms with Crippen LogP contribution >= 0.6 is 0 Å². The number of hydrogen-bond acceptors (Lipinski definition) is 5. The molecule has 31 heavy (non-hydrogen) atoms. The number of nitrogens with zero attached hydrogens (tertiary/aromatic N) is 5. The van der Waals surface area contributed by atoms with E-state index in [9.17, 15) is 14.0 Å². The first-order chi connectivity index (χ1) is 14.8. The molecule has 8 nitrogen and oxygen atoms in total. The lowest BCUT2D eigenvalue weighted by Gasteiger charge is -2.09. The van der Waals surface area contributed by atoms with Gasteiger partial charge in [0.1, 0.15) is 5.82 Å². The topological polar surface area (TPSA) is 86.2 Å². The lowest BCUT2D eigenvalue weighted by Crippen LogP contribution is -2.37. The number of aromatic nitrogens is 4. The van der Waals surface area contributed by atoms with Gasteiger partial charge in [0, 0.05) is 14.1 Å². The van der Waals surface area contributed by atoms with Crippen molar-refractivity contribution in [3.63, 3.8) is 0 Å². The number of halogens is 1. The Labute approximate surface area is 176 Å². The van der Waals surface area contributed by atoms with E-state index in [-0.39, 0.29) is 11.5 Å². The van der Waals surface area contributed by atoms with Crippen molar-refractivity contribution < 1.29 is 4.39 Å². The van der Waals surface area contributed by atoms with Gasteiger partial charge in [0.05, 0.1) is 12.8 Å². The molecule has 0 aliphatic rings. The second kappa shape index (κ2) is 8.02. The summed E-state index contributed by atoms with van der Waals surface area (Å²) >= 11 is 0. The minimum absolute atomic E-state index is 0.264. The van der Waals surface area contributed by atoms with Gasteiger partial charge < -0.3 is 0 Å². The smallest absolute Gasteiger partial charge is 0.298 e. The van der Waals surface area contributed by atoms with Gasteiger partial charge >= 0.3 is 5.69 Å². The number of nitrogens with one attached hydrogen (secondary N) is 1. The van der Waals surface area contributed by atoms with Crippen LogP contribution in [0.2, 0.25) is 0 Å². The molecule has 2 aromatic heterocycles. The minimum Gasteiger partial charge on any atom is -0.298 e. The minimum atomic E-state index is -0.459. The van der Waals surface area contributed by atoms with Crippen LogP contribution in [-0.2, 0) is 20.6 Å². The Bertz CT molecular complexity index is 1400. The average molecular weight is 420 g/mol. The summed E-state index contributed by atoms with van der Waals surface area (Å²) in [5.41, 5.74) is 5.30. The van der Waals surface area contributed by atoms with Gasteiger partial charge in [-0.05, 0) is 30.2 Å². The lowest BCUT2D eigenvalue weighted by molar-refractivity contribution is 0.628. The molecule has 0 radical (unpaired) electrons. The molecule has 0 unspecified atom stereocenters. The van der Waals surface area contributed by atoms with E-state index in [0.29, 0.717) is 23.6 Å². The van der Waals surface area contributed by atoms with E-state index in [1.54, 1.807) is 23.7 Å². The zero-order valence-electron chi connectivity index (χ0n) is 17.3.